The first-order chi connectivity index (χ1) is 16.2. The summed E-state index contributed by atoms with van der Waals surface area (Å²) >= 11 is 0. The van der Waals surface area contributed by atoms with Gasteiger partial charge in [0.1, 0.15) is 5.75 Å². The average Bonchev–Trinajstić information content (AvgIpc) is 3.27. The van der Waals surface area contributed by atoms with E-state index in [4.69, 9.17) is 9.47 Å². The minimum absolute atomic E-state index is 0.0821. The monoisotopic (exact) mass is 446 g/mol. The summed E-state index contributed by atoms with van der Waals surface area (Å²) < 4.78 is 12.9. The molecular weight excluding hydrogens is 420 g/mol. The highest BCUT2D eigenvalue weighted by atomic mass is 16.5. The van der Waals surface area contributed by atoms with Gasteiger partial charge in [0.05, 0.1) is 49.0 Å². The van der Waals surface area contributed by atoms with E-state index in [1.165, 1.54) is 0 Å². The van der Waals surface area contributed by atoms with Crippen molar-refractivity contribution in [3.05, 3.63) is 60.4 Å². The second kappa shape index (κ2) is 9.05. The first kappa shape index (κ1) is 21.2. The zero-order valence-corrected chi connectivity index (χ0v) is 18.5. The summed E-state index contributed by atoms with van der Waals surface area (Å²) in [6.45, 7) is 1.49. The molecule has 1 aliphatic heterocycles. The Kier molecular flexibility index (Phi) is 5.80. The van der Waals surface area contributed by atoms with E-state index in [1.807, 2.05) is 42.5 Å². The van der Waals surface area contributed by atoms with Crippen LogP contribution in [-0.4, -0.2) is 58.1 Å². The quantitative estimate of drug-likeness (QED) is 0.415. The van der Waals surface area contributed by atoms with Gasteiger partial charge >= 0.3 is 0 Å². The number of nitrogens with one attached hydrogen (secondary N) is 2. The summed E-state index contributed by atoms with van der Waals surface area (Å²) in [6, 6.07) is 13.7. The highest BCUT2D eigenvalue weighted by Gasteiger charge is 2.25. The Morgan fingerprint density at radius 2 is 2.03 bits per heavy atom. The number of piperidine rings is 1. The Bertz CT molecular complexity index is 1270. The van der Waals surface area contributed by atoms with Crippen molar-refractivity contribution in [1.29, 1.82) is 0 Å². The predicted octanol–water partition coefficient (Wildman–Crippen LogP) is 2.99. The standard InChI is InChI=1S/C24H26N6O3/c1-32-22-12-15(17-9-11-25-14-21(17)31)5-7-19(22)28-24-27-13-16-6-8-20(30(16)29-24)18-4-3-10-26-23(18)33-2/h3-8,10,12-13,17,21,25,31H,9,11,14H2,1-2H3,(H,28,29). The van der Waals surface area contributed by atoms with Crippen molar-refractivity contribution < 1.29 is 14.6 Å². The summed E-state index contributed by atoms with van der Waals surface area (Å²) in [6.07, 6.45) is 3.92. The van der Waals surface area contributed by atoms with Gasteiger partial charge in [-0.3, -0.25) is 0 Å². The van der Waals surface area contributed by atoms with Gasteiger partial charge in [-0.05, 0) is 54.9 Å². The molecule has 1 fully saturated rings. The van der Waals surface area contributed by atoms with E-state index in [9.17, 15) is 5.11 Å². The number of benzene rings is 1. The number of hydrogen-bond donors (Lipinski definition) is 3. The number of anilines is 2. The number of pyridine rings is 1. The molecule has 9 heteroatoms. The van der Waals surface area contributed by atoms with Crippen LogP contribution in [0.3, 0.4) is 0 Å². The normalized spacial score (nSPS) is 18.3. The number of aromatic nitrogens is 4. The molecule has 2 unspecified atom stereocenters. The molecule has 2 atom stereocenters. The smallest absolute Gasteiger partial charge is 0.245 e. The van der Waals surface area contributed by atoms with Crippen LogP contribution in [0.15, 0.2) is 54.9 Å². The van der Waals surface area contributed by atoms with E-state index in [-0.39, 0.29) is 5.92 Å². The van der Waals surface area contributed by atoms with Crippen molar-refractivity contribution in [3.8, 4) is 22.9 Å². The molecule has 9 nitrogen and oxygen atoms in total. The average molecular weight is 447 g/mol. The highest BCUT2D eigenvalue weighted by molar-refractivity contribution is 5.71. The minimum Gasteiger partial charge on any atom is -0.495 e. The molecule has 3 N–H and O–H groups in total. The molecule has 3 aromatic heterocycles. The van der Waals surface area contributed by atoms with Gasteiger partial charge in [-0.15, -0.1) is 5.10 Å². The number of ether oxygens (including phenoxy) is 2. The van der Waals surface area contributed by atoms with Crippen LogP contribution in [0, 0.1) is 0 Å². The number of nitrogens with zero attached hydrogens (tertiary/aromatic N) is 4. The number of aliphatic hydroxyl groups excluding tert-OH is 1. The van der Waals surface area contributed by atoms with Crippen LogP contribution >= 0.6 is 0 Å². The topological polar surface area (TPSA) is 106 Å². The molecule has 0 amide bonds. The summed E-state index contributed by atoms with van der Waals surface area (Å²) in [5.41, 5.74) is 4.34. The highest BCUT2D eigenvalue weighted by Crippen LogP contribution is 2.34. The molecule has 1 saturated heterocycles. The third kappa shape index (κ3) is 4.08. The molecule has 4 heterocycles. The molecular formula is C24H26N6O3. The van der Waals surface area contributed by atoms with E-state index < -0.39 is 6.10 Å². The lowest BCUT2D eigenvalue weighted by Gasteiger charge is -2.29. The van der Waals surface area contributed by atoms with Crippen molar-refractivity contribution >= 4 is 17.2 Å². The molecule has 4 aromatic rings. The maximum Gasteiger partial charge on any atom is 0.245 e. The molecule has 1 aliphatic rings. The second-order valence-electron chi connectivity index (χ2n) is 7.95. The zero-order valence-electron chi connectivity index (χ0n) is 18.5. The van der Waals surface area contributed by atoms with E-state index in [2.05, 4.69) is 25.7 Å². The predicted molar refractivity (Wildman–Crippen MR) is 125 cm³/mol. The molecule has 1 aromatic carbocycles. The molecule has 0 aliphatic carbocycles. The Balaban J connectivity index is 1.47. The number of β-amino-alcohol motifs (C(OH)–C–C–N with tert-alkyl or cyclic N) is 1. The summed E-state index contributed by atoms with van der Waals surface area (Å²) in [4.78, 5) is 8.75. The van der Waals surface area contributed by atoms with Crippen molar-refractivity contribution in [3.63, 3.8) is 0 Å². The Labute approximate surface area is 191 Å². The van der Waals surface area contributed by atoms with Gasteiger partial charge < -0.3 is 25.2 Å². The largest absolute Gasteiger partial charge is 0.495 e. The lowest BCUT2D eigenvalue weighted by molar-refractivity contribution is 0.118. The molecule has 5 rings (SSSR count). The van der Waals surface area contributed by atoms with Crippen molar-refractivity contribution in [2.45, 2.75) is 18.4 Å². The van der Waals surface area contributed by atoms with Gasteiger partial charge in [0.2, 0.25) is 11.8 Å². The van der Waals surface area contributed by atoms with E-state index in [0.717, 1.165) is 41.0 Å². The fraction of sp³-hybridized carbons (Fsp3) is 0.292. The number of fused-ring (bicyclic) bond motifs is 1. The van der Waals surface area contributed by atoms with E-state index in [1.54, 1.807) is 31.1 Å². The Morgan fingerprint density at radius 3 is 2.85 bits per heavy atom. The van der Waals surface area contributed by atoms with Crippen LogP contribution in [0.2, 0.25) is 0 Å². The van der Waals surface area contributed by atoms with Crippen LogP contribution < -0.4 is 20.1 Å². The summed E-state index contributed by atoms with van der Waals surface area (Å²) in [5, 5.41) is 21.5. The number of rotatable bonds is 6. The lowest BCUT2D eigenvalue weighted by Crippen LogP contribution is -2.39. The third-order valence-corrected chi connectivity index (χ3v) is 5.99. The minimum atomic E-state index is -0.412. The molecule has 0 radical (unpaired) electrons. The molecule has 0 bridgehead atoms. The van der Waals surface area contributed by atoms with Crippen molar-refractivity contribution in [1.82, 2.24) is 24.9 Å². The van der Waals surface area contributed by atoms with Crippen LogP contribution in [-0.2, 0) is 0 Å². The van der Waals surface area contributed by atoms with Crippen LogP contribution in [0.4, 0.5) is 11.6 Å². The van der Waals surface area contributed by atoms with Gasteiger partial charge in [-0.2, -0.15) is 0 Å². The zero-order chi connectivity index (χ0) is 22.8. The maximum atomic E-state index is 10.4. The number of methoxy groups -OCH3 is 2. The SMILES string of the molecule is COc1cc(C2CCNCC2O)ccc1Nc1ncc2ccc(-c3cccnc3OC)n2n1. The lowest BCUT2D eigenvalue weighted by atomic mass is 9.87. The fourth-order valence-electron chi connectivity index (χ4n) is 4.30. The van der Waals surface area contributed by atoms with Gasteiger partial charge in [0.15, 0.2) is 0 Å². The van der Waals surface area contributed by atoms with Gasteiger partial charge in [0.25, 0.3) is 0 Å². The van der Waals surface area contributed by atoms with Crippen LogP contribution in [0.25, 0.3) is 16.8 Å². The third-order valence-electron chi connectivity index (χ3n) is 5.99. The van der Waals surface area contributed by atoms with Crippen molar-refractivity contribution in [2.24, 2.45) is 0 Å². The fourth-order valence-corrected chi connectivity index (χ4v) is 4.30. The first-order valence-corrected chi connectivity index (χ1v) is 10.9. The number of hydrogen-bond acceptors (Lipinski definition) is 8. The van der Waals surface area contributed by atoms with Crippen LogP contribution in [0.1, 0.15) is 17.9 Å². The van der Waals surface area contributed by atoms with Gasteiger partial charge in [-0.1, -0.05) is 6.07 Å². The second-order valence-corrected chi connectivity index (χ2v) is 7.95. The Hall–Kier alpha value is -3.69. The molecule has 33 heavy (non-hydrogen) atoms. The van der Waals surface area contributed by atoms with E-state index in [0.29, 0.717) is 24.1 Å². The Morgan fingerprint density at radius 1 is 1.12 bits per heavy atom. The number of aliphatic hydroxyl groups is 1. The summed E-state index contributed by atoms with van der Waals surface area (Å²) in [7, 11) is 3.23. The van der Waals surface area contributed by atoms with E-state index >= 15 is 0 Å². The first-order valence-electron chi connectivity index (χ1n) is 10.9. The maximum absolute atomic E-state index is 10.4. The van der Waals surface area contributed by atoms with Crippen molar-refractivity contribution in [2.75, 3.05) is 32.6 Å². The van der Waals surface area contributed by atoms with Crippen LogP contribution in [0.5, 0.6) is 11.6 Å². The summed E-state index contributed by atoms with van der Waals surface area (Å²) in [5.74, 6) is 1.71. The molecule has 170 valence electrons. The molecule has 0 spiro atoms. The van der Waals surface area contributed by atoms with Gasteiger partial charge in [-0.25, -0.2) is 14.5 Å². The van der Waals surface area contributed by atoms with Gasteiger partial charge in [0, 0.05) is 18.7 Å². The molecule has 0 saturated carbocycles.